The lowest BCUT2D eigenvalue weighted by Gasteiger charge is -2.21. The maximum Gasteiger partial charge on any atom is 0.129 e. The zero-order valence-electron chi connectivity index (χ0n) is 11.7. The highest BCUT2D eigenvalue weighted by Gasteiger charge is 2.15. The van der Waals surface area contributed by atoms with Gasteiger partial charge < -0.3 is 10.2 Å². The van der Waals surface area contributed by atoms with Gasteiger partial charge in [-0.25, -0.2) is 0 Å². The molecule has 2 N–H and O–H groups in total. The van der Waals surface area contributed by atoms with Gasteiger partial charge in [0, 0.05) is 21.1 Å². The molecule has 0 heterocycles. The van der Waals surface area contributed by atoms with Gasteiger partial charge in [0.2, 0.25) is 0 Å². The molecule has 0 aliphatic heterocycles. The van der Waals surface area contributed by atoms with Crippen LogP contribution in [-0.2, 0) is 0 Å². The molecule has 0 unspecified atom stereocenters. The lowest BCUT2D eigenvalue weighted by molar-refractivity contribution is 0.448. The van der Waals surface area contributed by atoms with Crippen molar-refractivity contribution in [3.63, 3.8) is 0 Å². The molecule has 1 aliphatic carbocycles. The van der Waals surface area contributed by atoms with Gasteiger partial charge in [0.15, 0.2) is 0 Å². The van der Waals surface area contributed by atoms with Crippen LogP contribution >= 0.6 is 11.8 Å². The molecule has 2 aromatic rings. The van der Waals surface area contributed by atoms with Crippen LogP contribution in [-0.4, -0.2) is 15.5 Å². The molecule has 3 heteroatoms. The minimum Gasteiger partial charge on any atom is -0.508 e. The highest BCUT2D eigenvalue weighted by atomic mass is 32.2. The van der Waals surface area contributed by atoms with E-state index < -0.39 is 0 Å². The highest BCUT2D eigenvalue weighted by Crippen LogP contribution is 2.39. The number of fused-ring (bicyclic) bond motifs is 1. The maximum absolute atomic E-state index is 10.1. The van der Waals surface area contributed by atoms with Crippen LogP contribution in [0.1, 0.15) is 37.7 Å². The zero-order valence-corrected chi connectivity index (χ0v) is 12.5. The smallest absolute Gasteiger partial charge is 0.129 e. The van der Waals surface area contributed by atoms with Gasteiger partial charge in [-0.05, 0) is 49.4 Å². The van der Waals surface area contributed by atoms with Crippen LogP contribution < -0.4 is 0 Å². The first-order chi connectivity index (χ1) is 9.65. The summed E-state index contributed by atoms with van der Waals surface area (Å²) < 4.78 is 0. The summed E-state index contributed by atoms with van der Waals surface area (Å²) in [4.78, 5) is 1.23. The Hall–Kier alpha value is -1.35. The lowest BCUT2D eigenvalue weighted by Crippen LogP contribution is -2.07. The van der Waals surface area contributed by atoms with Crippen molar-refractivity contribution in [2.45, 2.75) is 49.2 Å². The predicted octanol–water partition coefficient (Wildman–Crippen LogP) is 4.98. The summed E-state index contributed by atoms with van der Waals surface area (Å²) in [5.41, 5.74) is 0.546. The lowest BCUT2D eigenvalue weighted by atomic mass is 10.0. The molecular formula is C17H20O2S. The Kier molecular flexibility index (Phi) is 3.79. The number of aromatic hydroxyl groups is 2. The van der Waals surface area contributed by atoms with Crippen LogP contribution in [0.4, 0.5) is 0 Å². The molecule has 1 aliphatic rings. The molecule has 2 aromatic carbocycles. The molecule has 0 spiro atoms. The summed E-state index contributed by atoms with van der Waals surface area (Å²) in [6, 6.07) is 7.86. The fourth-order valence-corrected chi connectivity index (χ4v) is 4.20. The number of thioether (sulfide) groups is 1. The average molecular weight is 288 g/mol. The molecule has 1 saturated carbocycles. The molecule has 0 saturated heterocycles. The van der Waals surface area contributed by atoms with E-state index in [4.69, 9.17) is 0 Å². The van der Waals surface area contributed by atoms with Crippen molar-refractivity contribution in [2.75, 3.05) is 0 Å². The third-order valence-corrected chi connectivity index (χ3v) is 5.50. The standard InChI is InChI=1S/C17H20O2S/c1-11-16(18)10-12-9-14(7-8-15(12)17(11)19)20-13-5-3-2-4-6-13/h7-10,13,18-19H,2-6H2,1H3. The van der Waals surface area contributed by atoms with Crippen molar-refractivity contribution in [1.82, 2.24) is 0 Å². The number of phenols is 2. The number of phenolic OH excluding ortho intramolecular Hbond substituents is 2. The van der Waals surface area contributed by atoms with Gasteiger partial charge in [-0.3, -0.25) is 0 Å². The topological polar surface area (TPSA) is 40.5 Å². The van der Waals surface area contributed by atoms with Crippen molar-refractivity contribution >= 4 is 22.5 Å². The van der Waals surface area contributed by atoms with Crippen molar-refractivity contribution < 1.29 is 10.2 Å². The molecule has 0 radical (unpaired) electrons. The van der Waals surface area contributed by atoms with Crippen LogP contribution in [0.5, 0.6) is 11.5 Å². The first kappa shape index (κ1) is 13.6. The maximum atomic E-state index is 10.1. The number of benzene rings is 2. The van der Waals surface area contributed by atoms with Gasteiger partial charge in [-0.15, -0.1) is 11.8 Å². The molecule has 106 valence electrons. The zero-order chi connectivity index (χ0) is 14.1. The molecule has 0 bridgehead atoms. The Balaban J connectivity index is 1.92. The SMILES string of the molecule is Cc1c(O)cc2cc(SC3CCCCC3)ccc2c1O. The van der Waals surface area contributed by atoms with Gasteiger partial charge in [-0.2, -0.15) is 0 Å². The second-order valence-electron chi connectivity index (χ2n) is 5.63. The third kappa shape index (κ3) is 2.59. The number of rotatable bonds is 2. The minimum atomic E-state index is 0.162. The Bertz CT molecular complexity index is 630. The van der Waals surface area contributed by atoms with Crippen molar-refractivity contribution in [3.8, 4) is 11.5 Å². The van der Waals surface area contributed by atoms with E-state index in [0.29, 0.717) is 10.8 Å². The summed E-state index contributed by atoms with van der Waals surface area (Å²) in [6.07, 6.45) is 6.65. The summed E-state index contributed by atoms with van der Waals surface area (Å²) in [6.45, 7) is 1.73. The first-order valence-electron chi connectivity index (χ1n) is 7.27. The molecule has 0 aromatic heterocycles. The molecule has 1 fully saturated rings. The van der Waals surface area contributed by atoms with Gasteiger partial charge in [0.05, 0.1) is 0 Å². The monoisotopic (exact) mass is 288 g/mol. The van der Waals surface area contributed by atoms with E-state index in [1.165, 1.54) is 37.0 Å². The fourth-order valence-electron chi connectivity index (χ4n) is 2.90. The summed E-state index contributed by atoms with van der Waals surface area (Å²) in [5, 5.41) is 22.4. The highest BCUT2D eigenvalue weighted by molar-refractivity contribution is 8.00. The Morgan fingerprint density at radius 2 is 1.80 bits per heavy atom. The van der Waals surface area contributed by atoms with E-state index in [1.54, 1.807) is 13.0 Å². The Morgan fingerprint density at radius 1 is 1.05 bits per heavy atom. The molecule has 2 nitrogen and oxygen atoms in total. The third-order valence-electron chi connectivity index (χ3n) is 4.16. The minimum absolute atomic E-state index is 0.162. The van der Waals surface area contributed by atoms with Gasteiger partial charge in [0.25, 0.3) is 0 Å². The fraction of sp³-hybridized carbons (Fsp3) is 0.412. The van der Waals surface area contributed by atoms with Gasteiger partial charge in [0.1, 0.15) is 11.5 Å². The Labute approximate surface area is 123 Å². The first-order valence-corrected chi connectivity index (χ1v) is 8.15. The second kappa shape index (κ2) is 5.57. The molecular weight excluding hydrogens is 268 g/mol. The summed E-state index contributed by atoms with van der Waals surface area (Å²) in [5.74, 6) is 0.351. The van der Waals surface area contributed by atoms with Crippen molar-refractivity contribution in [3.05, 3.63) is 29.8 Å². The van der Waals surface area contributed by atoms with Crippen LogP contribution in [0, 0.1) is 6.92 Å². The largest absolute Gasteiger partial charge is 0.508 e. The van der Waals surface area contributed by atoms with E-state index in [2.05, 4.69) is 12.1 Å². The number of hydrogen-bond donors (Lipinski definition) is 2. The van der Waals surface area contributed by atoms with Gasteiger partial charge in [-0.1, -0.05) is 19.3 Å². The number of hydrogen-bond acceptors (Lipinski definition) is 3. The molecule has 3 rings (SSSR count). The van der Waals surface area contributed by atoms with E-state index in [-0.39, 0.29) is 11.5 Å². The predicted molar refractivity (Wildman–Crippen MR) is 84.7 cm³/mol. The van der Waals surface area contributed by atoms with Gasteiger partial charge >= 0.3 is 0 Å². The van der Waals surface area contributed by atoms with E-state index in [0.717, 1.165) is 10.8 Å². The normalized spacial score (nSPS) is 16.6. The summed E-state index contributed by atoms with van der Waals surface area (Å²) in [7, 11) is 0. The molecule has 20 heavy (non-hydrogen) atoms. The van der Waals surface area contributed by atoms with Crippen LogP contribution in [0.15, 0.2) is 29.2 Å². The Morgan fingerprint density at radius 3 is 2.55 bits per heavy atom. The van der Waals surface area contributed by atoms with E-state index >= 15 is 0 Å². The molecule has 0 amide bonds. The van der Waals surface area contributed by atoms with Crippen molar-refractivity contribution in [2.24, 2.45) is 0 Å². The average Bonchev–Trinajstić information content (AvgIpc) is 2.46. The van der Waals surface area contributed by atoms with Crippen LogP contribution in [0.2, 0.25) is 0 Å². The van der Waals surface area contributed by atoms with E-state index in [1.807, 2.05) is 17.8 Å². The van der Waals surface area contributed by atoms with Crippen molar-refractivity contribution in [1.29, 1.82) is 0 Å². The van der Waals surface area contributed by atoms with Crippen LogP contribution in [0.25, 0.3) is 10.8 Å². The molecule has 0 atom stereocenters. The van der Waals surface area contributed by atoms with Crippen LogP contribution in [0.3, 0.4) is 0 Å². The quantitative estimate of drug-likeness (QED) is 0.818. The summed E-state index contributed by atoms with van der Waals surface area (Å²) >= 11 is 1.93. The second-order valence-corrected chi connectivity index (χ2v) is 7.00. The van der Waals surface area contributed by atoms with E-state index in [9.17, 15) is 10.2 Å².